The van der Waals surface area contributed by atoms with Gasteiger partial charge in [0.15, 0.2) is 0 Å². The Kier molecular flexibility index (Phi) is 4.53. The minimum atomic E-state index is -0.0715. The lowest BCUT2D eigenvalue weighted by Crippen LogP contribution is -2.37. The van der Waals surface area contributed by atoms with E-state index in [1.54, 1.807) is 30.3 Å². The van der Waals surface area contributed by atoms with Crippen molar-refractivity contribution in [3.8, 4) is 5.75 Å². The molecule has 2 aromatic carbocycles. The summed E-state index contributed by atoms with van der Waals surface area (Å²) in [5, 5.41) is 14.9. The molecule has 1 amide bonds. The van der Waals surface area contributed by atoms with Gasteiger partial charge in [0.25, 0.3) is 0 Å². The second-order valence-corrected chi connectivity index (χ2v) is 7.26. The summed E-state index contributed by atoms with van der Waals surface area (Å²) in [7, 11) is 0. The molecule has 7 heteroatoms. The van der Waals surface area contributed by atoms with Gasteiger partial charge in [-0.2, -0.15) is 0 Å². The van der Waals surface area contributed by atoms with Crippen molar-refractivity contribution in [2.24, 2.45) is 0 Å². The van der Waals surface area contributed by atoms with Crippen LogP contribution in [0.25, 0.3) is 10.9 Å². The normalized spacial score (nSPS) is 14.4. The smallest absolute Gasteiger partial charge is 0.238 e. The topological polar surface area (TPSA) is 68.4 Å². The van der Waals surface area contributed by atoms with Gasteiger partial charge in [0.05, 0.1) is 11.6 Å². The zero-order valence-electron chi connectivity index (χ0n) is 13.9. The first kappa shape index (κ1) is 17.2. The van der Waals surface area contributed by atoms with Gasteiger partial charge in [-0.3, -0.25) is 9.69 Å². The average Bonchev–Trinajstić information content (AvgIpc) is 2.98. The quantitative estimate of drug-likeness (QED) is 0.629. The second kappa shape index (κ2) is 6.83. The number of aromatic nitrogens is 1. The van der Waals surface area contributed by atoms with E-state index in [1.807, 2.05) is 6.07 Å². The highest BCUT2D eigenvalue weighted by molar-refractivity contribution is 6.33. The number of aromatic hydroxyl groups is 1. The van der Waals surface area contributed by atoms with Gasteiger partial charge in [0, 0.05) is 40.4 Å². The van der Waals surface area contributed by atoms with E-state index < -0.39 is 0 Å². The maximum atomic E-state index is 12.3. The molecule has 0 aliphatic carbocycles. The summed E-state index contributed by atoms with van der Waals surface area (Å²) < 4.78 is 0. The van der Waals surface area contributed by atoms with Gasteiger partial charge < -0.3 is 15.4 Å². The van der Waals surface area contributed by atoms with E-state index in [0.717, 1.165) is 40.8 Å². The van der Waals surface area contributed by atoms with Crippen molar-refractivity contribution >= 4 is 45.7 Å². The van der Waals surface area contributed by atoms with Crippen molar-refractivity contribution in [1.82, 2.24) is 9.88 Å². The molecule has 0 unspecified atom stereocenters. The minimum Gasteiger partial charge on any atom is -0.506 e. The van der Waals surface area contributed by atoms with E-state index in [2.05, 4.69) is 15.2 Å². The number of carbonyl (C=O) groups is 1. The van der Waals surface area contributed by atoms with Gasteiger partial charge in [-0.25, -0.2) is 0 Å². The van der Waals surface area contributed by atoms with E-state index in [9.17, 15) is 9.90 Å². The van der Waals surface area contributed by atoms with Crippen LogP contribution in [0.5, 0.6) is 5.75 Å². The molecule has 0 fully saturated rings. The van der Waals surface area contributed by atoms with E-state index in [1.165, 1.54) is 0 Å². The summed E-state index contributed by atoms with van der Waals surface area (Å²) >= 11 is 11.9. The summed E-state index contributed by atoms with van der Waals surface area (Å²) in [5.41, 5.74) is 3.68. The maximum absolute atomic E-state index is 12.3. The minimum absolute atomic E-state index is 0.0715. The number of amides is 1. The van der Waals surface area contributed by atoms with E-state index in [4.69, 9.17) is 23.2 Å². The number of phenolic OH excluding ortho intramolecular Hbond substituents is 1. The molecule has 0 saturated carbocycles. The number of carbonyl (C=O) groups excluding carboxylic acids is 1. The van der Waals surface area contributed by atoms with Gasteiger partial charge in [-0.1, -0.05) is 23.2 Å². The van der Waals surface area contributed by atoms with Crippen molar-refractivity contribution in [3.63, 3.8) is 0 Å². The fourth-order valence-electron chi connectivity index (χ4n) is 3.42. The lowest BCUT2D eigenvalue weighted by molar-refractivity contribution is -0.117. The van der Waals surface area contributed by atoms with Crippen LogP contribution in [0.4, 0.5) is 5.69 Å². The van der Waals surface area contributed by atoms with Crippen LogP contribution in [0, 0.1) is 0 Å². The number of fused-ring (bicyclic) bond motifs is 3. The highest BCUT2D eigenvalue weighted by Gasteiger charge is 2.24. The number of anilines is 1. The number of benzene rings is 2. The Labute approximate surface area is 160 Å². The first-order valence-corrected chi connectivity index (χ1v) is 9.05. The highest BCUT2D eigenvalue weighted by Crippen LogP contribution is 2.37. The van der Waals surface area contributed by atoms with Crippen LogP contribution in [0.2, 0.25) is 10.0 Å². The van der Waals surface area contributed by atoms with Crippen LogP contribution < -0.4 is 5.32 Å². The van der Waals surface area contributed by atoms with E-state index in [-0.39, 0.29) is 11.7 Å². The predicted octanol–water partition coefficient (Wildman–Crippen LogP) is 4.18. The third kappa shape index (κ3) is 3.26. The summed E-state index contributed by atoms with van der Waals surface area (Å²) in [5.74, 6) is 0.0494. The number of H-pyrrole nitrogens is 1. The number of halogens is 2. The van der Waals surface area contributed by atoms with Crippen molar-refractivity contribution in [3.05, 3.63) is 57.7 Å². The number of hydrogen-bond acceptors (Lipinski definition) is 3. The molecule has 3 aromatic rings. The molecule has 2 heterocycles. The Morgan fingerprint density at radius 2 is 1.96 bits per heavy atom. The van der Waals surface area contributed by atoms with Crippen LogP contribution in [0.3, 0.4) is 0 Å². The molecule has 1 aliphatic rings. The standard InChI is InChI=1S/C19H17Cl2N3O2/c20-11-1-3-12(4-2-11)22-17(25)10-24-8-7-13-16(9-24)23-15-6-5-14(21)19(26)18(13)15/h1-6,23,26H,7-10H2,(H,22,25). The van der Waals surface area contributed by atoms with Crippen LogP contribution >= 0.6 is 23.2 Å². The number of phenols is 1. The Balaban J connectivity index is 1.47. The molecular formula is C19H17Cl2N3O2. The van der Waals surface area contributed by atoms with Gasteiger partial charge in [0.2, 0.25) is 5.91 Å². The molecule has 26 heavy (non-hydrogen) atoms. The number of nitrogens with one attached hydrogen (secondary N) is 2. The molecule has 5 nitrogen and oxygen atoms in total. The largest absolute Gasteiger partial charge is 0.506 e. The van der Waals surface area contributed by atoms with Gasteiger partial charge in [0.1, 0.15) is 5.75 Å². The van der Waals surface area contributed by atoms with Crippen LogP contribution in [0.1, 0.15) is 11.3 Å². The van der Waals surface area contributed by atoms with Gasteiger partial charge in [-0.15, -0.1) is 0 Å². The van der Waals surface area contributed by atoms with Crippen molar-refractivity contribution < 1.29 is 9.90 Å². The highest BCUT2D eigenvalue weighted by atomic mass is 35.5. The molecule has 0 atom stereocenters. The summed E-state index contributed by atoms with van der Waals surface area (Å²) in [6, 6.07) is 10.6. The van der Waals surface area contributed by atoms with Crippen molar-refractivity contribution in [1.29, 1.82) is 0 Å². The number of rotatable bonds is 3. The zero-order valence-corrected chi connectivity index (χ0v) is 15.4. The zero-order chi connectivity index (χ0) is 18.3. The first-order valence-electron chi connectivity index (χ1n) is 8.30. The molecule has 0 saturated heterocycles. The molecule has 3 N–H and O–H groups in total. The lowest BCUT2D eigenvalue weighted by Gasteiger charge is -2.26. The summed E-state index contributed by atoms with van der Waals surface area (Å²) in [6.45, 7) is 1.65. The fourth-order valence-corrected chi connectivity index (χ4v) is 3.70. The maximum Gasteiger partial charge on any atom is 0.238 e. The fraction of sp³-hybridized carbons (Fsp3) is 0.211. The third-order valence-corrected chi connectivity index (χ3v) is 5.19. The second-order valence-electron chi connectivity index (χ2n) is 6.42. The third-order valence-electron chi connectivity index (χ3n) is 4.64. The lowest BCUT2D eigenvalue weighted by atomic mass is 10.0. The SMILES string of the molecule is O=C(CN1CCc2c([nH]c3ccc(Cl)c(O)c23)C1)Nc1ccc(Cl)cc1. The van der Waals surface area contributed by atoms with E-state index >= 15 is 0 Å². The monoisotopic (exact) mass is 389 g/mol. The number of nitrogens with zero attached hydrogens (tertiary/aromatic N) is 1. The van der Waals surface area contributed by atoms with Crippen LogP contribution in [-0.2, 0) is 17.8 Å². The first-order chi connectivity index (χ1) is 12.5. The molecule has 0 spiro atoms. The Morgan fingerprint density at radius 1 is 1.19 bits per heavy atom. The average molecular weight is 390 g/mol. The number of hydrogen-bond donors (Lipinski definition) is 3. The summed E-state index contributed by atoms with van der Waals surface area (Å²) in [4.78, 5) is 17.7. The van der Waals surface area contributed by atoms with Gasteiger partial charge in [-0.05, 0) is 48.4 Å². The Hall–Kier alpha value is -2.21. The Morgan fingerprint density at radius 3 is 2.73 bits per heavy atom. The summed E-state index contributed by atoms with van der Waals surface area (Å²) in [6.07, 6.45) is 0.747. The van der Waals surface area contributed by atoms with Crippen molar-refractivity contribution in [2.75, 3.05) is 18.4 Å². The number of aromatic amines is 1. The van der Waals surface area contributed by atoms with Gasteiger partial charge >= 0.3 is 0 Å². The van der Waals surface area contributed by atoms with E-state index in [0.29, 0.717) is 23.1 Å². The molecule has 1 aliphatic heterocycles. The van der Waals surface area contributed by atoms with Crippen LogP contribution in [-0.4, -0.2) is 34.0 Å². The molecular weight excluding hydrogens is 373 g/mol. The molecule has 0 bridgehead atoms. The molecule has 134 valence electrons. The molecule has 1 aromatic heterocycles. The van der Waals surface area contributed by atoms with Crippen molar-refractivity contribution in [2.45, 2.75) is 13.0 Å². The molecule has 4 rings (SSSR count). The molecule has 0 radical (unpaired) electrons. The van der Waals surface area contributed by atoms with Crippen LogP contribution in [0.15, 0.2) is 36.4 Å². The predicted molar refractivity (Wildman–Crippen MR) is 104 cm³/mol. The Bertz CT molecular complexity index is 983.